The minimum absolute atomic E-state index is 0.130. The topological polar surface area (TPSA) is 86.8 Å². The van der Waals surface area contributed by atoms with Crippen LogP contribution in [0.4, 0.5) is 5.69 Å². The Morgan fingerprint density at radius 3 is 2.22 bits per heavy atom. The minimum Gasteiger partial charge on any atom is -0.357 e. The molecule has 0 fully saturated rings. The first-order chi connectivity index (χ1) is 15.0. The standard InChI is InChI=1S/C24H33N3O4S/c1-18-12-14-21(15-13-18)17-26(20(3)24(29)25-4)23(28)11-8-16-27(32(5,30)31)22-10-7-6-9-19(22)2/h6-7,9-10,12-15,20H,8,11,16-17H2,1-5H3,(H,25,29)/t20-/m0/s1. The molecule has 2 aromatic rings. The summed E-state index contributed by atoms with van der Waals surface area (Å²) in [6.45, 7) is 6.03. The number of aryl methyl sites for hydroxylation is 2. The Kier molecular flexibility index (Phi) is 8.83. The second kappa shape index (κ2) is 11.1. The highest BCUT2D eigenvalue weighted by atomic mass is 32.2. The largest absolute Gasteiger partial charge is 0.357 e. The lowest BCUT2D eigenvalue weighted by molar-refractivity contribution is -0.140. The number of nitrogens with one attached hydrogen (secondary N) is 1. The summed E-state index contributed by atoms with van der Waals surface area (Å²) in [7, 11) is -1.96. The summed E-state index contributed by atoms with van der Waals surface area (Å²) in [6, 6.07) is 14.4. The molecule has 0 aliphatic carbocycles. The van der Waals surface area contributed by atoms with Crippen LogP contribution >= 0.6 is 0 Å². The molecule has 0 bridgehead atoms. The highest BCUT2D eigenvalue weighted by Gasteiger charge is 2.26. The number of likely N-dealkylation sites (N-methyl/N-ethyl adjacent to an activating group) is 1. The van der Waals surface area contributed by atoms with E-state index in [9.17, 15) is 18.0 Å². The van der Waals surface area contributed by atoms with Crippen LogP contribution in [0.1, 0.15) is 36.5 Å². The Morgan fingerprint density at radius 2 is 1.66 bits per heavy atom. The fourth-order valence-electron chi connectivity index (χ4n) is 3.51. The van der Waals surface area contributed by atoms with Gasteiger partial charge in [-0.2, -0.15) is 0 Å². The van der Waals surface area contributed by atoms with Crippen LogP contribution in [-0.2, 0) is 26.2 Å². The zero-order valence-electron chi connectivity index (χ0n) is 19.5. The molecule has 8 heteroatoms. The molecule has 0 spiro atoms. The Labute approximate surface area is 191 Å². The van der Waals surface area contributed by atoms with Crippen molar-refractivity contribution in [3.8, 4) is 0 Å². The second-order valence-corrected chi connectivity index (χ2v) is 9.93. The number of hydrogen-bond donors (Lipinski definition) is 1. The quantitative estimate of drug-likeness (QED) is 0.592. The highest BCUT2D eigenvalue weighted by molar-refractivity contribution is 7.92. The van der Waals surface area contributed by atoms with Gasteiger partial charge in [-0.25, -0.2) is 8.42 Å². The van der Waals surface area contributed by atoms with E-state index in [1.807, 2.05) is 50.2 Å². The third-order valence-electron chi connectivity index (χ3n) is 5.42. The molecule has 2 rings (SSSR count). The minimum atomic E-state index is -3.50. The van der Waals surface area contributed by atoms with E-state index in [2.05, 4.69) is 5.32 Å². The molecule has 0 aliphatic heterocycles. The fraction of sp³-hybridized carbons (Fsp3) is 0.417. The van der Waals surface area contributed by atoms with Gasteiger partial charge in [0.25, 0.3) is 0 Å². The van der Waals surface area contributed by atoms with Gasteiger partial charge in [-0.3, -0.25) is 13.9 Å². The number of hydrogen-bond acceptors (Lipinski definition) is 4. The zero-order chi connectivity index (χ0) is 23.9. The van der Waals surface area contributed by atoms with Crippen LogP contribution in [0.15, 0.2) is 48.5 Å². The van der Waals surface area contributed by atoms with Crippen LogP contribution < -0.4 is 9.62 Å². The summed E-state index contributed by atoms with van der Waals surface area (Å²) in [5.41, 5.74) is 3.50. The molecule has 2 amide bonds. The van der Waals surface area contributed by atoms with E-state index in [0.29, 0.717) is 18.7 Å². The summed E-state index contributed by atoms with van der Waals surface area (Å²) < 4.78 is 26.1. The van der Waals surface area contributed by atoms with Crippen molar-refractivity contribution in [3.63, 3.8) is 0 Å². The van der Waals surface area contributed by atoms with Crippen molar-refractivity contribution in [2.45, 2.75) is 46.2 Å². The fourth-order valence-corrected chi connectivity index (χ4v) is 4.53. The summed E-state index contributed by atoms with van der Waals surface area (Å²) in [5, 5.41) is 2.60. The first kappa shape index (κ1) is 25.4. The number of nitrogens with zero attached hydrogens (tertiary/aromatic N) is 2. The number of benzene rings is 2. The molecule has 0 aromatic heterocycles. The molecule has 0 heterocycles. The summed E-state index contributed by atoms with van der Waals surface area (Å²) in [5.74, 6) is -0.442. The van der Waals surface area contributed by atoms with E-state index < -0.39 is 16.1 Å². The van der Waals surface area contributed by atoms with E-state index in [1.165, 1.54) is 10.6 Å². The SMILES string of the molecule is CNC(=O)[C@H](C)N(Cc1ccc(C)cc1)C(=O)CCCN(c1ccccc1C)S(C)(=O)=O. The smallest absolute Gasteiger partial charge is 0.242 e. The molecule has 0 saturated carbocycles. The van der Waals surface area contributed by atoms with Gasteiger partial charge >= 0.3 is 0 Å². The summed E-state index contributed by atoms with van der Waals surface area (Å²) in [6.07, 6.45) is 1.63. The van der Waals surface area contributed by atoms with E-state index >= 15 is 0 Å². The van der Waals surface area contributed by atoms with E-state index in [-0.39, 0.29) is 24.8 Å². The number of anilines is 1. The number of carbonyl (C=O) groups excluding carboxylic acids is 2. The van der Waals surface area contributed by atoms with Gasteiger partial charge in [0.2, 0.25) is 21.8 Å². The Balaban J connectivity index is 2.14. The molecule has 0 saturated heterocycles. The van der Waals surface area contributed by atoms with Crippen LogP contribution in [0, 0.1) is 13.8 Å². The van der Waals surface area contributed by atoms with Crippen molar-refractivity contribution in [2.75, 3.05) is 24.2 Å². The number of carbonyl (C=O) groups is 2. The van der Waals surface area contributed by atoms with Crippen molar-refractivity contribution < 1.29 is 18.0 Å². The van der Waals surface area contributed by atoms with Crippen molar-refractivity contribution >= 4 is 27.5 Å². The molecule has 0 aliphatic rings. The second-order valence-electron chi connectivity index (χ2n) is 8.02. The van der Waals surface area contributed by atoms with Gasteiger partial charge in [-0.1, -0.05) is 48.0 Å². The van der Waals surface area contributed by atoms with Gasteiger partial charge in [-0.05, 0) is 44.4 Å². The van der Waals surface area contributed by atoms with Crippen LogP contribution in [0.5, 0.6) is 0 Å². The third kappa shape index (κ3) is 6.82. The van der Waals surface area contributed by atoms with Crippen LogP contribution in [0.2, 0.25) is 0 Å². The van der Waals surface area contributed by atoms with Gasteiger partial charge < -0.3 is 10.2 Å². The molecular formula is C24H33N3O4S. The normalized spacial score (nSPS) is 12.2. The highest BCUT2D eigenvalue weighted by Crippen LogP contribution is 2.23. The first-order valence-corrected chi connectivity index (χ1v) is 12.5. The van der Waals surface area contributed by atoms with Gasteiger partial charge in [-0.15, -0.1) is 0 Å². The van der Waals surface area contributed by atoms with Crippen molar-refractivity contribution in [1.29, 1.82) is 0 Å². The lowest BCUT2D eigenvalue weighted by Crippen LogP contribution is -2.46. The van der Waals surface area contributed by atoms with Crippen LogP contribution in [0.3, 0.4) is 0 Å². The van der Waals surface area contributed by atoms with Crippen LogP contribution in [0.25, 0.3) is 0 Å². The predicted octanol–water partition coefficient (Wildman–Crippen LogP) is 3.01. The molecule has 7 nitrogen and oxygen atoms in total. The Hall–Kier alpha value is -2.87. The maximum Gasteiger partial charge on any atom is 0.242 e. The summed E-state index contributed by atoms with van der Waals surface area (Å²) >= 11 is 0. The molecule has 174 valence electrons. The van der Waals surface area contributed by atoms with Crippen molar-refractivity contribution in [1.82, 2.24) is 10.2 Å². The monoisotopic (exact) mass is 459 g/mol. The molecule has 0 radical (unpaired) electrons. The Morgan fingerprint density at radius 1 is 1.03 bits per heavy atom. The van der Waals surface area contributed by atoms with E-state index in [1.54, 1.807) is 31.0 Å². The average Bonchev–Trinajstić information content (AvgIpc) is 2.75. The third-order valence-corrected chi connectivity index (χ3v) is 6.60. The molecule has 1 N–H and O–H groups in total. The first-order valence-electron chi connectivity index (χ1n) is 10.6. The Bertz CT molecular complexity index is 1040. The number of para-hydroxylation sites is 1. The van der Waals surface area contributed by atoms with Crippen LogP contribution in [-0.4, -0.2) is 51.0 Å². The predicted molar refractivity (Wildman–Crippen MR) is 128 cm³/mol. The molecule has 2 aromatic carbocycles. The van der Waals surface area contributed by atoms with Gasteiger partial charge in [0.1, 0.15) is 6.04 Å². The lowest BCUT2D eigenvalue weighted by Gasteiger charge is -2.29. The maximum absolute atomic E-state index is 13.1. The number of rotatable bonds is 10. The molecule has 0 unspecified atom stereocenters. The number of sulfonamides is 1. The van der Waals surface area contributed by atoms with Crippen molar-refractivity contribution in [2.24, 2.45) is 0 Å². The molecule has 32 heavy (non-hydrogen) atoms. The van der Waals surface area contributed by atoms with E-state index in [4.69, 9.17) is 0 Å². The lowest BCUT2D eigenvalue weighted by atomic mass is 10.1. The maximum atomic E-state index is 13.1. The molecule has 1 atom stereocenters. The van der Waals surface area contributed by atoms with Gasteiger partial charge in [0.15, 0.2) is 0 Å². The van der Waals surface area contributed by atoms with Gasteiger partial charge in [0.05, 0.1) is 11.9 Å². The zero-order valence-corrected chi connectivity index (χ0v) is 20.3. The molecular weight excluding hydrogens is 426 g/mol. The van der Waals surface area contributed by atoms with E-state index in [0.717, 1.165) is 16.7 Å². The summed E-state index contributed by atoms with van der Waals surface area (Å²) in [4.78, 5) is 26.9. The van der Waals surface area contributed by atoms with Gasteiger partial charge in [0, 0.05) is 26.6 Å². The number of amides is 2. The average molecular weight is 460 g/mol. The van der Waals surface area contributed by atoms with Crippen molar-refractivity contribution in [3.05, 3.63) is 65.2 Å².